The molecule has 0 aromatic rings. The van der Waals surface area contributed by atoms with Crippen molar-refractivity contribution < 1.29 is 9.53 Å². The Morgan fingerprint density at radius 2 is 2.18 bits per heavy atom. The van der Waals surface area contributed by atoms with Crippen LogP contribution in [0.3, 0.4) is 0 Å². The Kier molecular flexibility index (Phi) is 6.05. The van der Waals surface area contributed by atoms with Crippen molar-refractivity contribution >= 4 is 18.5 Å². The lowest BCUT2D eigenvalue weighted by molar-refractivity contribution is -0.117. The van der Waals surface area contributed by atoms with Gasteiger partial charge in [0.2, 0.25) is 5.91 Å². The van der Waals surface area contributed by atoms with Gasteiger partial charge in [-0.3, -0.25) is 4.79 Å². The summed E-state index contributed by atoms with van der Waals surface area (Å²) in [4.78, 5) is 10.8. The molecule has 0 aliphatic carbocycles. The number of hydrogen-bond acceptors (Lipinski definition) is 5. The number of morpholine rings is 1. The first-order valence-corrected chi connectivity index (χ1v) is 6.01. The maximum Gasteiger partial charge on any atom is 0.244 e. The van der Waals surface area contributed by atoms with E-state index >= 15 is 0 Å². The molecule has 2 heterocycles. The van der Waals surface area contributed by atoms with Gasteiger partial charge < -0.3 is 15.4 Å². The number of carbonyl (C=O) groups excluding carboxylic acids is 1. The fourth-order valence-electron chi connectivity index (χ4n) is 1.50. The van der Waals surface area contributed by atoms with Gasteiger partial charge in [0.15, 0.2) is 0 Å². The van der Waals surface area contributed by atoms with E-state index in [0.717, 1.165) is 31.9 Å². The maximum absolute atomic E-state index is 10.8. The van der Waals surface area contributed by atoms with E-state index in [1.807, 2.05) is 0 Å². The van der Waals surface area contributed by atoms with Crippen LogP contribution in [0.25, 0.3) is 0 Å². The molecular formula is C11H17N3O2S. The SMILES string of the molecule is C1COCCN1.CC1=CC(=O)NC(S)C1C#N. The molecule has 2 rings (SSSR count). The molecule has 0 saturated carbocycles. The molecule has 94 valence electrons. The first-order valence-electron chi connectivity index (χ1n) is 5.50. The van der Waals surface area contributed by atoms with E-state index in [0.29, 0.717) is 0 Å². The standard InChI is InChI=1S/C7H8N2OS.C4H9NO/c1-4-2-6(10)9-7(11)5(4)3-8;1-3-6-4-2-5-1/h2,5,7,11H,1H3,(H,9,10);5H,1-4H2. The summed E-state index contributed by atoms with van der Waals surface area (Å²) >= 11 is 4.06. The largest absolute Gasteiger partial charge is 0.379 e. The second-order valence-electron chi connectivity index (χ2n) is 3.81. The number of ether oxygens (including phenoxy) is 1. The van der Waals surface area contributed by atoms with Crippen LogP contribution >= 0.6 is 12.6 Å². The highest BCUT2D eigenvalue weighted by Crippen LogP contribution is 2.19. The minimum absolute atomic E-state index is 0.172. The number of carbonyl (C=O) groups is 1. The summed E-state index contributed by atoms with van der Waals surface area (Å²) in [5, 5.41) is 14.0. The molecular weight excluding hydrogens is 238 g/mol. The van der Waals surface area contributed by atoms with Crippen molar-refractivity contribution in [2.75, 3.05) is 26.3 Å². The van der Waals surface area contributed by atoms with Gasteiger partial charge in [0.1, 0.15) is 0 Å². The molecule has 0 bridgehead atoms. The zero-order valence-electron chi connectivity index (χ0n) is 9.77. The lowest BCUT2D eigenvalue weighted by Gasteiger charge is -2.22. The van der Waals surface area contributed by atoms with Gasteiger partial charge in [-0.1, -0.05) is 0 Å². The third-order valence-corrected chi connectivity index (χ3v) is 2.87. The quantitative estimate of drug-likeness (QED) is 0.535. The molecule has 2 unspecified atom stereocenters. The van der Waals surface area contributed by atoms with Crippen LogP contribution in [0.2, 0.25) is 0 Å². The number of rotatable bonds is 0. The van der Waals surface area contributed by atoms with Crippen molar-refractivity contribution in [3.8, 4) is 6.07 Å². The highest BCUT2D eigenvalue weighted by atomic mass is 32.1. The zero-order valence-corrected chi connectivity index (χ0v) is 10.7. The van der Waals surface area contributed by atoms with Gasteiger partial charge in [0.25, 0.3) is 0 Å². The van der Waals surface area contributed by atoms with Gasteiger partial charge >= 0.3 is 0 Å². The summed E-state index contributed by atoms with van der Waals surface area (Å²) in [6, 6.07) is 2.06. The Hall–Kier alpha value is -1.03. The Balaban J connectivity index is 0.000000202. The van der Waals surface area contributed by atoms with E-state index < -0.39 is 0 Å². The summed E-state index contributed by atoms with van der Waals surface area (Å²) in [5.74, 6) is -0.468. The topological polar surface area (TPSA) is 74.2 Å². The Morgan fingerprint density at radius 1 is 1.53 bits per heavy atom. The molecule has 0 aromatic heterocycles. The predicted molar refractivity (Wildman–Crippen MR) is 67.5 cm³/mol. The molecule has 17 heavy (non-hydrogen) atoms. The maximum atomic E-state index is 10.8. The van der Waals surface area contributed by atoms with Gasteiger partial charge in [-0.05, 0) is 12.5 Å². The van der Waals surface area contributed by atoms with Crippen LogP contribution < -0.4 is 10.6 Å². The van der Waals surface area contributed by atoms with E-state index in [9.17, 15) is 4.79 Å². The second kappa shape index (κ2) is 7.33. The highest BCUT2D eigenvalue weighted by molar-refractivity contribution is 7.81. The van der Waals surface area contributed by atoms with Crippen molar-refractivity contribution in [1.82, 2.24) is 10.6 Å². The Labute approximate surface area is 107 Å². The van der Waals surface area contributed by atoms with E-state index in [1.165, 1.54) is 6.08 Å². The Morgan fingerprint density at radius 3 is 2.53 bits per heavy atom. The molecule has 0 aromatic carbocycles. The van der Waals surface area contributed by atoms with Crippen LogP contribution in [-0.2, 0) is 9.53 Å². The molecule has 1 saturated heterocycles. The van der Waals surface area contributed by atoms with E-state index in [2.05, 4.69) is 29.3 Å². The number of nitrogens with zero attached hydrogens (tertiary/aromatic N) is 1. The smallest absolute Gasteiger partial charge is 0.244 e. The summed E-state index contributed by atoms with van der Waals surface area (Å²) in [6.07, 6.45) is 1.43. The second-order valence-corrected chi connectivity index (χ2v) is 4.37. The molecule has 5 nitrogen and oxygen atoms in total. The van der Waals surface area contributed by atoms with Crippen LogP contribution in [0.15, 0.2) is 11.6 Å². The average Bonchev–Trinajstić information content (AvgIpc) is 2.31. The number of amides is 1. The van der Waals surface area contributed by atoms with Crippen molar-refractivity contribution in [3.05, 3.63) is 11.6 Å². The monoisotopic (exact) mass is 255 g/mol. The van der Waals surface area contributed by atoms with Crippen LogP contribution in [-0.4, -0.2) is 37.6 Å². The minimum atomic E-state index is -0.363. The molecule has 0 radical (unpaired) electrons. The lowest BCUT2D eigenvalue weighted by atomic mass is 9.98. The minimum Gasteiger partial charge on any atom is -0.379 e. The molecule has 2 atom stereocenters. The van der Waals surface area contributed by atoms with Crippen molar-refractivity contribution in [1.29, 1.82) is 5.26 Å². The first kappa shape index (κ1) is 14.0. The normalized spacial score (nSPS) is 28.1. The predicted octanol–water partition coefficient (Wildman–Crippen LogP) is 0.0644. The molecule has 1 amide bonds. The summed E-state index contributed by atoms with van der Waals surface area (Å²) in [7, 11) is 0. The zero-order chi connectivity index (χ0) is 12.7. The molecule has 2 N–H and O–H groups in total. The molecule has 1 fully saturated rings. The van der Waals surface area contributed by atoms with Gasteiger partial charge in [0, 0.05) is 19.2 Å². The number of nitriles is 1. The fourth-order valence-corrected chi connectivity index (χ4v) is 1.93. The van der Waals surface area contributed by atoms with Crippen molar-refractivity contribution in [3.63, 3.8) is 0 Å². The van der Waals surface area contributed by atoms with Gasteiger partial charge in [0.05, 0.1) is 30.6 Å². The van der Waals surface area contributed by atoms with Gasteiger partial charge in [-0.15, -0.1) is 0 Å². The van der Waals surface area contributed by atoms with Crippen LogP contribution in [0.5, 0.6) is 0 Å². The molecule has 2 aliphatic heterocycles. The fraction of sp³-hybridized carbons (Fsp3) is 0.636. The number of hydrogen-bond donors (Lipinski definition) is 3. The third kappa shape index (κ3) is 4.77. The molecule has 2 aliphatic rings. The van der Waals surface area contributed by atoms with Crippen LogP contribution in [0.4, 0.5) is 0 Å². The number of thiol groups is 1. The van der Waals surface area contributed by atoms with Crippen molar-refractivity contribution in [2.45, 2.75) is 12.3 Å². The summed E-state index contributed by atoms with van der Waals surface area (Å²) in [5.41, 5.74) is 0.774. The average molecular weight is 255 g/mol. The van der Waals surface area contributed by atoms with E-state index in [4.69, 9.17) is 10.00 Å². The van der Waals surface area contributed by atoms with E-state index in [1.54, 1.807) is 6.92 Å². The third-order valence-electron chi connectivity index (χ3n) is 2.44. The highest BCUT2D eigenvalue weighted by Gasteiger charge is 2.25. The molecule has 6 heteroatoms. The number of nitrogens with one attached hydrogen (secondary N) is 2. The molecule has 0 spiro atoms. The summed E-state index contributed by atoms with van der Waals surface area (Å²) in [6.45, 7) is 5.59. The van der Waals surface area contributed by atoms with Crippen molar-refractivity contribution in [2.24, 2.45) is 5.92 Å². The first-order chi connectivity index (χ1) is 8.15. The van der Waals surface area contributed by atoms with E-state index in [-0.39, 0.29) is 17.2 Å². The summed E-state index contributed by atoms with van der Waals surface area (Å²) < 4.78 is 5.01. The van der Waals surface area contributed by atoms with Gasteiger partial charge in [-0.25, -0.2) is 0 Å². The van der Waals surface area contributed by atoms with Crippen LogP contribution in [0.1, 0.15) is 6.92 Å². The van der Waals surface area contributed by atoms with Crippen LogP contribution in [0, 0.1) is 17.2 Å². The van der Waals surface area contributed by atoms with Gasteiger partial charge in [-0.2, -0.15) is 17.9 Å². The lowest BCUT2D eigenvalue weighted by Crippen LogP contribution is -2.39. The Bertz CT molecular complexity index is 323.